The molecule has 0 radical (unpaired) electrons. The Hall–Kier alpha value is -3.54. The number of ether oxygens (including phenoxy) is 1. The molecule has 0 unspecified atom stereocenters. The normalized spacial score (nSPS) is 10.6. The van der Waals surface area contributed by atoms with Crippen LogP contribution < -0.4 is 9.64 Å². The second-order valence-corrected chi connectivity index (χ2v) is 7.14. The number of hydrogen-bond acceptors (Lipinski definition) is 4. The van der Waals surface area contributed by atoms with Gasteiger partial charge >= 0.3 is 0 Å². The van der Waals surface area contributed by atoms with E-state index in [4.69, 9.17) is 4.74 Å². The van der Waals surface area contributed by atoms with Crippen LogP contribution in [0.4, 0.5) is 10.1 Å². The third-order valence-corrected chi connectivity index (χ3v) is 5.20. The number of carbonyl (C=O) groups excluding carboxylic acids is 2. The summed E-state index contributed by atoms with van der Waals surface area (Å²) in [6.45, 7) is 1.80. The van der Waals surface area contributed by atoms with Gasteiger partial charge in [-0.05, 0) is 36.2 Å². The van der Waals surface area contributed by atoms with Gasteiger partial charge in [-0.25, -0.2) is 9.37 Å². The molecule has 0 aliphatic heterocycles. The highest BCUT2D eigenvalue weighted by molar-refractivity contribution is 5.97. The molecular formula is C25H25FN2O3. The number of benzene rings is 2. The fourth-order valence-corrected chi connectivity index (χ4v) is 3.36. The maximum atomic E-state index is 14.8. The molecule has 2 aromatic carbocycles. The van der Waals surface area contributed by atoms with Crippen LogP contribution in [0.2, 0.25) is 0 Å². The highest BCUT2D eigenvalue weighted by atomic mass is 19.1. The van der Waals surface area contributed by atoms with Crippen molar-refractivity contribution in [3.05, 3.63) is 77.7 Å². The van der Waals surface area contributed by atoms with E-state index in [0.717, 1.165) is 11.3 Å². The zero-order valence-corrected chi connectivity index (χ0v) is 17.9. The predicted molar refractivity (Wildman–Crippen MR) is 119 cm³/mol. The minimum absolute atomic E-state index is 0.00528. The summed E-state index contributed by atoms with van der Waals surface area (Å²) in [4.78, 5) is 30.1. The SMILES string of the molecule is CCC(=O)N(C)c1ccc(-c2ccc(C(=O)CCc3cccnc3OC)cc2F)cc1. The number of amides is 1. The second-order valence-electron chi connectivity index (χ2n) is 7.14. The molecule has 3 aromatic rings. The van der Waals surface area contributed by atoms with Crippen LogP contribution in [0.15, 0.2) is 60.8 Å². The minimum Gasteiger partial charge on any atom is -0.481 e. The minimum atomic E-state index is -0.462. The monoisotopic (exact) mass is 420 g/mol. The summed E-state index contributed by atoms with van der Waals surface area (Å²) in [6, 6.07) is 15.3. The van der Waals surface area contributed by atoms with E-state index in [-0.39, 0.29) is 18.1 Å². The Bertz CT molecular complexity index is 1080. The van der Waals surface area contributed by atoms with Crippen LogP contribution in [0.1, 0.15) is 35.7 Å². The first-order chi connectivity index (χ1) is 14.9. The molecule has 3 rings (SSSR count). The van der Waals surface area contributed by atoms with Crippen molar-refractivity contribution in [1.82, 2.24) is 4.98 Å². The maximum absolute atomic E-state index is 14.8. The average Bonchev–Trinajstić information content (AvgIpc) is 2.81. The van der Waals surface area contributed by atoms with Gasteiger partial charge < -0.3 is 9.64 Å². The van der Waals surface area contributed by atoms with Gasteiger partial charge in [0.15, 0.2) is 5.78 Å². The quantitative estimate of drug-likeness (QED) is 0.477. The molecule has 0 atom stereocenters. The van der Waals surface area contributed by atoms with Gasteiger partial charge in [-0.15, -0.1) is 0 Å². The van der Waals surface area contributed by atoms with Crippen molar-refractivity contribution in [3.63, 3.8) is 0 Å². The number of aryl methyl sites for hydroxylation is 1. The molecular weight excluding hydrogens is 395 g/mol. The van der Waals surface area contributed by atoms with Gasteiger partial charge in [-0.3, -0.25) is 9.59 Å². The van der Waals surface area contributed by atoms with Crippen LogP contribution in [0.5, 0.6) is 5.88 Å². The molecule has 31 heavy (non-hydrogen) atoms. The molecule has 0 saturated heterocycles. The summed E-state index contributed by atoms with van der Waals surface area (Å²) in [6.07, 6.45) is 2.73. The fourth-order valence-electron chi connectivity index (χ4n) is 3.36. The molecule has 0 spiro atoms. The molecule has 1 amide bonds. The van der Waals surface area contributed by atoms with Crippen LogP contribution in [0.25, 0.3) is 11.1 Å². The first kappa shape index (κ1) is 22.2. The van der Waals surface area contributed by atoms with Gasteiger partial charge in [0.1, 0.15) is 5.82 Å². The third kappa shape index (κ3) is 5.15. The zero-order valence-electron chi connectivity index (χ0n) is 17.9. The van der Waals surface area contributed by atoms with Crippen molar-refractivity contribution in [3.8, 4) is 17.0 Å². The smallest absolute Gasteiger partial charge is 0.226 e. The lowest BCUT2D eigenvalue weighted by molar-refractivity contribution is -0.118. The Kier molecular flexibility index (Phi) is 7.13. The summed E-state index contributed by atoms with van der Waals surface area (Å²) >= 11 is 0. The number of nitrogens with zero attached hydrogens (tertiary/aromatic N) is 2. The predicted octanol–water partition coefficient (Wildman–Crippen LogP) is 5.08. The van der Waals surface area contributed by atoms with Crippen molar-refractivity contribution in [2.24, 2.45) is 0 Å². The number of Topliss-reactive ketones (excluding diaryl/α,β-unsaturated/α-hetero) is 1. The zero-order chi connectivity index (χ0) is 22.4. The highest BCUT2D eigenvalue weighted by Gasteiger charge is 2.14. The van der Waals surface area contributed by atoms with Crippen LogP contribution in [0.3, 0.4) is 0 Å². The van der Waals surface area contributed by atoms with E-state index in [0.29, 0.717) is 35.4 Å². The number of halogens is 1. The standard InChI is InChI=1S/C25H25FN2O3/c1-4-24(30)28(2)20-11-7-17(8-12-20)21-13-9-19(16-22(21)26)23(29)14-10-18-6-5-15-27-25(18)31-3/h5-9,11-13,15-16H,4,10,14H2,1-3H3. The maximum Gasteiger partial charge on any atom is 0.226 e. The Morgan fingerprint density at radius 3 is 2.48 bits per heavy atom. The van der Waals surface area contributed by atoms with E-state index in [9.17, 15) is 14.0 Å². The summed E-state index contributed by atoms with van der Waals surface area (Å²) in [7, 11) is 3.25. The number of aromatic nitrogens is 1. The van der Waals surface area contributed by atoms with Gasteiger partial charge in [0.2, 0.25) is 11.8 Å². The molecule has 6 heteroatoms. The van der Waals surface area contributed by atoms with Crippen molar-refractivity contribution in [2.45, 2.75) is 26.2 Å². The Labute approximate surface area is 181 Å². The van der Waals surface area contributed by atoms with Crippen molar-refractivity contribution < 1.29 is 18.7 Å². The van der Waals surface area contributed by atoms with Crippen LogP contribution in [0, 0.1) is 5.82 Å². The largest absolute Gasteiger partial charge is 0.481 e. The number of pyridine rings is 1. The third-order valence-electron chi connectivity index (χ3n) is 5.20. The van der Waals surface area contributed by atoms with E-state index in [1.807, 2.05) is 6.07 Å². The fraction of sp³-hybridized carbons (Fsp3) is 0.240. The summed E-state index contributed by atoms with van der Waals surface area (Å²) < 4.78 is 20.0. The van der Waals surface area contributed by atoms with E-state index < -0.39 is 5.82 Å². The van der Waals surface area contributed by atoms with Crippen LogP contribution >= 0.6 is 0 Å². The van der Waals surface area contributed by atoms with E-state index in [1.165, 1.54) is 13.2 Å². The molecule has 0 aliphatic rings. The summed E-state index contributed by atoms with van der Waals surface area (Å²) in [5.41, 5.74) is 2.99. The van der Waals surface area contributed by atoms with Crippen molar-refractivity contribution in [1.29, 1.82) is 0 Å². The second kappa shape index (κ2) is 9.98. The van der Waals surface area contributed by atoms with Gasteiger partial charge in [0.05, 0.1) is 7.11 Å². The number of methoxy groups -OCH3 is 1. The number of rotatable bonds is 8. The molecule has 1 heterocycles. The molecule has 0 fully saturated rings. The summed E-state index contributed by atoms with van der Waals surface area (Å²) in [5, 5.41) is 0. The number of carbonyl (C=O) groups is 2. The van der Waals surface area contributed by atoms with E-state index in [1.54, 1.807) is 67.5 Å². The molecule has 0 N–H and O–H groups in total. The lowest BCUT2D eigenvalue weighted by Gasteiger charge is -2.17. The van der Waals surface area contributed by atoms with Crippen molar-refractivity contribution >= 4 is 17.4 Å². The van der Waals surface area contributed by atoms with E-state index in [2.05, 4.69) is 4.98 Å². The van der Waals surface area contributed by atoms with Gasteiger partial charge in [-0.1, -0.05) is 37.3 Å². The first-order valence-electron chi connectivity index (χ1n) is 10.1. The molecule has 5 nitrogen and oxygen atoms in total. The first-order valence-corrected chi connectivity index (χ1v) is 10.1. The molecule has 0 aliphatic carbocycles. The molecule has 160 valence electrons. The number of anilines is 1. The Morgan fingerprint density at radius 1 is 1.10 bits per heavy atom. The number of ketones is 1. The lowest BCUT2D eigenvalue weighted by atomic mass is 9.99. The topological polar surface area (TPSA) is 59.5 Å². The molecule has 0 bridgehead atoms. The van der Waals surface area contributed by atoms with Crippen molar-refractivity contribution in [2.75, 3.05) is 19.1 Å². The molecule has 0 saturated carbocycles. The average molecular weight is 420 g/mol. The lowest BCUT2D eigenvalue weighted by Crippen LogP contribution is -2.24. The number of hydrogen-bond donors (Lipinski definition) is 0. The van der Waals surface area contributed by atoms with Crippen LogP contribution in [-0.2, 0) is 11.2 Å². The van der Waals surface area contributed by atoms with Gasteiger partial charge in [-0.2, -0.15) is 0 Å². The Morgan fingerprint density at radius 2 is 1.84 bits per heavy atom. The summed E-state index contributed by atoms with van der Waals surface area (Å²) in [5.74, 6) is -0.112. The molecule has 1 aromatic heterocycles. The van der Waals surface area contributed by atoms with Gasteiger partial charge in [0.25, 0.3) is 0 Å². The van der Waals surface area contributed by atoms with Crippen LogP contribution in [-0.4, -0.2) is 30.8 Å². The van der Waals surface area contributed by atoms with Gasteiger partial charge in [0, 0.05) is 48.5 Å². The highest BCUT2D eigenvalue weighted by Crippen LogP contribution is 2.27. The van der Waals surface area contributed by atoms with E-state index >= 15 is 0 Å². The Balaban J connectivity index is 1.72.